The number of rotatable bonds is 5. The molecule has 0 aromatic heterocycles. The fourth-order valence-corrected chi connectivity index (χ4v) is 1.36. The summed E-state index contributed by atoms with van der Waals surface area (Å²) < 4.78 is 0. The number of phenols is 1. The van der Waals surface area contributed by atoms with Crippen LogP contribution in [-0.2, 0) is 11.2 Å². The van der Waals surface area contributed by atoms with Gasteiger partial charge >= 0.3 is 0 Å². The van der Waals surface area contributed by atoms with Gasteiger partial charge in [0.05, 0.1) is 6.42 Å². The molecule has 0 aliphatic rings. The monoisotopic (exact) mass is 219 g/mol. The van der Waals surface area contributed by atoms with E-state index in [1.165, 1.54) is 0 Å². The van der Waals surface area contributed by atoms with Crippen molar-refractivity contribution in [2.75, 3.05) is 6.54 Å². The van der Waals surface area contributed by atoms with E-state index >= 15 is 0 Å². The summed E-state index contributed by atoms with van der Waals surface area (Å²) in [6, 6.07) is 6.88. The molecule has 0 aliphatic heterocycles. The number of allylic oxidation sites excluding steroid dienone is 1. The highest BCUT2D eigenvalue weighted by molar-refractivity contribution is 5.79. The molecule has 0 spiro atoms. The Hall–Kier alpha value is -1.77. The fourth-order valence-electron chi connectivity index (χ4n) is 1.36. The van der Waals surface area contributed by atoms with Crippen molar-refractivity contribution < 1.29 is 9.90 Å². The summed E-state index contributed by atoms with van der Waals surface area (Å²) in [5, 5.41) is 12.3. The first-order valence-corrected chi connectivity index (χ1v) is 5.38. The zero-order chi connectivity index (χ0) is 11.8. The van der Waals surface area contributed by atoms with Crippen molar-refractivity contribution in [2.24, 2.45) is 0 Å². The van der Waals surface area contributed by atoms with Crippen molar-refractivity contribution in [3.8, 4) is 5.75 Å². The average molecular weight is 219 g/mol. The first-order chi connectivity index (χ1) is 7.74. The molecular weight excluding hydrogens is 202 g/mol. The second-order valence-electron chi connectivity index (χ2n) is 3.51. The van der Waals surface area contributed by atoms with Crippen molar-refractivity contribution in [1.82, 2.24) is 5.32 Å². The Morgan fingerprint density at radius 3 is 2.88 bits per heavy atom. The van der Waals surface area contributed by atoms with Crippen molar-refractivity contribution in [2.45, 2.75) is 19.8 Å². The Bertz CT molecular complexity index is 372. The molecule has 3 heteroatoms. The normalized spacial score (nSPS) is 10.6. The van der Waals surface area contributed by atoms with E-state index in [4.69, 9.17) is 0 Å². The Morgan fingerprint density at radius 2 is 2.19 bits per heavy atom. The van der Waals surface area contributed by atoms with Gasteiger partial charge in [-0.2, -0.15) is 0 Å². The third-order valence-electron chi connectivity index (χ3n) is 2.21. The predicted octanol–water partition coefficient (Wildman–Crippen LogP) is 2.02. The maximum Gasteiger partial charge on any atom is 0.224 e. The zero-order valence-corrected chi connectivity index (χ0v) is 9.44. The minimum atomic E-state index is -0.0639. The van der Waals surface area contributed by atoms with E-state index in [1.807, 2.05) is 25.1 Å². The highest BCUT2D eigenvalue weighted by Crippen LogP contribution is 2.15. The van der Waals surface area contributed by atoms with Crippen LogP contribution in [0.2, 0.25) is 0 Å². The van der Waals surface area contributed by atoms with Crippen LogP contribution in [0.5, 0.6) is 5.75 Å². The highest BCUT2D eigenvalue weighted by atomic mass is 16.3. The van der Waals surface area contributed by atoms with Crippen LogP contribution in [0.3, 0.4) is 0 Å². The molecule has 16 heavy (non-hydrogen) atoms. The van der Waals surface area contributed by atoms with Gasteiger partial charge < -0.3 is 10.4 Å². The molecule has 0 saturated carbocycles. The van der Waals surface area contributed by atoms with Crippen molar-refractivity contribution in [3.05, 3.63) is 42.0 Å². The van der Waals surface area contributed by atoms with Gasteiger partial charge in [-0.05, 0) is 19.4 Å². The van der Waals surface area contributed by atoms with Crippen molar-refractivity contribution >= 4 is 5.91 Å². The van der Waals surface area contributed by atoms with Crippen LogP contribution in [0.25, 0.3) is 0 Å². The lowest BCUT2D eigenvalue weighted by molar-refractivity contribution is -0.120. The molecule has 1 amide bonds. The summed E-state index contributed by atoms with van der Waals surface area (Å²) >= 11 is 0. The molecule has 2 N–H and O–H groups in total. The van der Waals surface area contributed by atoms with Gasteiger partial charge in [0.15, 0.2) is 0 Å². The van der Waals surface area contributed by atoms with Crippen LogP contribution in [0.1, 0.15) is 18.9 Å². The molecule has 0 saturated heterocycles. The summed E-state index contributed by atoms with van der Waals surface area (Å²) in [7, 11) is 0. The van der Waals surface area contributed by atoms with E-state index in [9.17, 15) is 9.90 Å². The van der Waals surface area contributed by atoms with E-state index in [2.05, 4.69) is 5.32 Å². The second kappa shape index (κ2) is 6.67. The maximum absolute atomic E-state index is 11.5. The van der Waals surface area contributed by atoms with Gasteiger partial charge in [0.25, 0.3) is 0 Å². The van der Waals surface area contributed by atoms with Crippen molar-refractivity contribution in [1.29, 1.82) is 0 Å². The summed E-state index contributed by atoms with van der Waals surface area (Å²) in [6.45, 7) is 2.58. The van der Waals surface area contributed by atoms with E-state index in [-0.39, 0.29) is 18.1 Å². The average Bonchev–Trinajstić information content (AvgIpc) is 2.28. The molecule has 0 aliphatic carbocycles. The molecule has 0 heterocycles. The second-order valence-corrected chi connectivity index (χ2v) is 3.51. The quantitative estimate of drug-likeness (QED) is 0.588. The maximum atomic E-state index is 11.5. The van der Waals surface area contributed by atoms with Gasteiger partial charge in [-0.25, -0.2) is 0 Å². The molecule has 0 fully saturated rings. The number of carbonyl (C=O) groups is 1. The van der Waals surface area contributed by atoms with Gasteiger partial charge in [0.2, 0.25) is 5.91 Å². The number of para-hydroxylation sites is 1. The van der Waals surface area contributed by atoms with Crippen molar-refractivity contribution in [3.63, 3.8) is 0 Å². The smallest absolute Gasteiger partial charge is 0.224 e. The molecule has 0 bridgehead atoms. The van der Waals surface area contributed by atoms with Gasteiger partial charge in [-0.1, -0.05) is 30.4 Å². The molecule has 3 nitrogen and oxygen atoms in total. The first kappa shape index (κ1) is 12.3. The summed E-state index contributed by atoms with van der Waals surface area (Å²) in [6.07, 6.45) is 5.01. The van der Waals surface area contributed by atoms with E-state index in [0.717, 1.165) is 6.42 Å². The number of amides is 1. The zero-order valence-electron chi connectivity index (χ0n) is 9.44. The topological polar surface area (TPSA) is 49.3 Å². The van der Waals surface area contributed by atoms with Crippen LogP contribution in [0.4, 0.5) is 0 Å². The lowest BCUT2D eigenvalue weighted by Crippen LogP contribution is -2.25. The summed E-state index contributed by atoms with van der Waals surface area (Å²) in [4.78, 5) is 11.5. The number of phenolic OH excluding ortho intramolecular Hbond substituents is 1. The number of aromatic hydroxyl groups is 1. The SMILES string of the molecule is C/C=C/CCNC(=O)Cc1ccccc1O. The number of benzene rings is 1. The Morgan fingerprint density at radius 1 is 1.44 bits per heavy atom. The standard InChI is InChI=1S/C13H17NO2/c1-2-3-6-9-14-13(16)10-11-7-4-5-8-12(11)15/h2-5,7-8,15H,6,9-10H2,1H3,(H,14,16)/b3-2+. The summed E-state index contributed by atoms with van der Waals surface area (Å²) in [5.41, 5.74) is 0.658. The van der Waals surface area contributed by atoms with Crippen LogP contribution in [-0.4, -0.2) is 17.6 Å². The number of hydrogen-bond acceptors (Lipinski definition) is 2. The minimum Gasteiger partial charge on any atom is -0.508 e. The van der Waals surface area contributed by atoms with Crippen LogP contribution < -0.4 is 5.32 Å². The lowest BCUT2D eigenvalue weighted by atomic mass is 10.1. The Kier molecular flexibility index (Phi) is 5.12. The number of hydrogen-bond donors (Lipinski definition) is 2. The molecule has 1 rings (SSSR count). The van der Waals surface area contributed by atoms with Gasteiger partial charge in [-0.15, -0.1) is 0 Å². The lowest BCUT2D eigenvalue weighted by Gasteiger charge is -2.05. The van der Waals surface area contributed by atoms with Crippen LogP contribution in [0.15, 0.2) is 36.4 Å². The molecule has 0 radical (unpaired) electrons. The fraction of sp³-hybridized carbons (Fsp3) is 0.308. The van der Waals surface area contributed by atoms with E-state index in [1.54, 1.807) is 18.2 Å². The highest BCUT2D eigenvalue weighted by Gasteiger charge is 2.05. The molecule has 0 unspecified atom stereocenters. The molecule has 86 valence electrons. The van der Waals surface area contributed by atoms with Gasteiger partial charge in [0.1, 0.15) is 5.75 Å². The molecule has 0 atom stereocenters. The molecular formula is C13H17NO2. The molecule has 1 aromatic carbocycles. The van der Waals surface area contributed by atoms with E-state index in [0.29, 0.717) is 12.1 Å². The van der Waals surface area contributed by atoms with E-state index < -0.39 is 0 Å². The molecule has 1 aromatic rings. The number of nitrogens with one attached hydrogen (secondary N) is 1. The van der Waals surface area contributed by atoms with Crippen LogP contribution >= 0.6 is 0 Å². The minimum absolute atomic E-state index is 0.0639. The number of carbonyl (C=O) groups excluding carboxylic acids is 1. The Balaban J connectivity index is 2.37. The largest absolute Gasteiger partial charge is 0.508 e. The third kappa shape index (κ3) is 4.17. The summed E-state index contributed by atoms with van der Waals surface area (Å²) in [5.74, 6) is 0.108. The third-order valence-corrected chi connectivity index (χ3v) is 2.21. The van der Waals surface area contributed by atoms with Crippen LogP contribution in [0, 0.1) is 0 Å². The first-order valence-electron chi connectivity index (χ1n) is 5.38. The predicted molar refractivity (Wildman–Crippen MR) is 64.3 cm³/mol. The van der Waals surface area contributed by atoms with Gasteiger partial charge in [-0.3, -0.25) is 4.79 Å². The van der Waals surface area contributed by atoms with Gasteiger partial charge in [0, 0.05) is 12.1 Å². The Labute approximate surface area is 95.8 Å².